The predicted molar refractivity (Wildman–Crippen MR) is 80.2 cm³/mol. The summed E-state index contributed by atoms with van der Waals surface area (Å²) in [5.41, 5.74) is 6.60. The van der Waals surface area contributed by atoms with Crippen LogP contribution in [-0.2, 0) is 0 Å². The van der Waals surface area contributed by atoms with Crippen LogP contribution < -0.4 is 5.73 Å². The molecule has 2 atom stereocenters. The van der Waals surface area contributed by atoms with E-state index in [1.807, 2.05) is 0 Å². The van der Waals surface area contributed by atoms with Gasteiger partial charge in [0.15, 0.2) is 0 Å². The first kappa shape index (κ1) is 13.8. The maximum Gasteiger partial charge on any atom is 0.0235 e. The van der Waals surface area contributed by atoms with Crippen molar-refractivity contribution in [1.29, 1.82) is 0 Å². The molecule has 0 amide bonds. The van der Waals surface area contributed by atoms with Crippen LogP contribution in [0.25, 0.3) is 0 Å². The van der Waals surface area contributed by atoms with Crippen molar-refractivity contribution >= 4 is 0 Å². The van der Waals surface area contributed by atoms with Crippen LogP contribution in [0.3, 0.4) is 0 Å². The van der Waals surface area contributed by atoms with Gasteiger partial charge in [0.1, 0.15) is 0 Å². The van der Waals surface area contributed by atoms with Crippen LogP contribution in [-0.4, -0.2) is 54.1 Å². The van der Waals surface area contributed by atoms with Gasteiger partial charge in [0, 0.05) is 31.2 Å². The normalized spacial score (nSPS) is 38.1. The monoisotopic (exact) mass is 265 g/mol. The van der Waals surface area contributed by atoms with Gasteiger partial charge < -0.3 is 5.73 Å². The van der Waals surface area contributed by atoms with Gasteiger partial charge in [-0.1, -0.05) is 13.8 Å². The van der Waals surface area contributed by atoms with Gasteiger partial charge in [0.2, 0.25) is 0 Å². The zero-order valence-electron chi connectivity index (χ0n) is 12.8. The Hall–Kier alpha value is -0.120. The van der Waals surface area contributed by atoms with Crippen molar-refractivity contribution in [2.75, 3.05) is 26.2 Å². The van der Waals surface area contributed by atoms with Crippen molar-refractivity contribution in [3.05, 3.63) is 0 Å². The first-order chi connectivity index (χ1) is 9.03. The van der Waals surface area contributed by atoms with Crippen LogP contribution in [0.1, 0.15) is 52.4 Å². The number of rotatable bonds is 2. The molecule has 3 heteroatoms. The Morgan fingerprint density at radius 1 is 0.895 bits per heavy atom. The molecule has 2 heterocycles. The van der Waals surface area contributed by atoms with Crippen LogP contribution in [0, 0.1) is 5.41 Å². The van der Waals surface area contributed by atoms with Gasteiger partial charge in [0.05, 0.1) is 0 Å². The Labute approximate surface area is 118 Å². The third-order valence-corrected chi connectivity index (χ3v) is 5.74. The van der Waals surface area contributed by atoms with E-state index in [0.717, 1.165) is 12.1 Å². The van der Waals surface area contributed by atoms with Gasteiger partial charge >= 0.3 is 0 Å². The summed E-state index contributed by atoms with van der Waals surface area (Å²) in [4.78, 5) is 5.50. The number of piperidine rings is 1. The second-order valence-corrected chi connectivity index (χ2v) is 7.87. The minimum atomic E-state index is 0.462. The Morgan fingerprint density at radius 3 is 2.21 bits per heavy atom. The van der Waals surface area contributed by atoms with E-state index in [0.29, 0.717) is 11.5 Å². The smallest absolute Gasteiger partial charge is 0.0235 e. The number of hydrogen-bond acceptors (Lipinski definition) is 3. The van der Waals surface area contributed by atoms with Crippen LogP contribution in [0.5, 0.6) is 0 Å². The van der Waals surface area contributed by atoms with Crippen molar-refractivity contribution in [2.24, 2.45) is 11.1 Å². The van der Waals surface area contributed by atoms with E-state index in [-0.39, 0.29) is 0 Å². The second kappa shape index (κ2) is 5.34. The molecule has 110 valence electrons. The first-order valence-electron chi connectivity index (χ1n) is 8.27. The lowest BCUT2D eigenvalue weighted by molar-refractivity contribution is 0.142. The van der Waals surface area contributed by atoms with Crippen LogP contribution in [0.2, 0.25) is 0 Å². The Kier molecular flexibility index (Phi) is 3.89. The lowest BCUT2D eigenvalue weighted by atomic mass is 9.91. The van der Waals surface area contributed by atoms with E-state index in [2.05, 4.69) is 23.6 Å². The van der Waals surface area contributed by atoms with E-state index in [4.69, 9.17) is 5.73 Å². The molecule has 1 saturated carbocycles. The lowest BCUT2D eigenvalue weighted by Gasteiger charge is -2.35. The molecule has 2 N–H and O–H groups in total. The summed E-state index contributed by atoms with van der Waals surface area (Å²) >= 11 is 0. The summed E-state index contributed by atoms with van der Waals surface area (Å²) in [5, 5.41) is 0. The fraction of sp³-hybridized carbons (Fsp3) is 1.00. The Bertz CT molecular complexity index is 307. The van der Waals surface area contributed by atoms with Crippen molar-refractivity contribution in [1.82, 2.24) is 9.80 Å². The maximum atomic E-state index is 6.02. The van der Waals surface area contributed by atoms with Gasteiger partial charge in [-0.3, -0.25) is 9.80 Å². The van der Waals surface area contributed by atoms with E-state index in [9.17, 15) is 0 Å². The van der Waals surface area contributed by atoms with Gasteiger partial charge in [-0.05, 0) is 57.0 Å². The average Bonchev–Trinajstić information content (AvgIpc) is 2.96. The van der Waals surface area contributed by atoms with Crippen LogP contribution in [0.4, 0.5) is 0 Å². The summed E-state index contributed by atoms with van der Waals surface area (Å²) in [6.45, 7) is 9.98. The summed E-state index contributed by atoms with van der Waals surface area (Å²) in [6, 6.07) is 2.15. The molecule has 2 unspecified atom stereocenters. The molecule has 3 rings (SSSR count). The fourth-order valence-corrected chi connectivity index (χ4v) is 4.39. The van der Waals surface area contributed by atoms with Crippen molar-refractivity contribution in [2.45, 2.75) is 70.5 Å². The second-order valence-electron chi connectivity index (χ2n) is 7.87. The number of likely N-dealkylation sites (tertiary alicyclic amines) is 2. The van der Waals surface area contributed by atoms with Gasteiger partial charge in [0.25, 0.3) is 0 Å². The molecule has 19 heavy (non-hydrogen) atoms. The van der Waals surface area contributed by atoms with Gasteiger partial charge in [-0.2, -0.15) is 0 Å². The zero-order valence-corrected chi connectivity index (χ0v) is 12.8. The SMILES string of the molecule is CC1(C)CCC(N2CCC(N3CCC(N)CC3)C2)C1. The fourth-order valence-electron chi connectivity index (χ4n) is 4.39. The molecule has 0 bridgehead atoms. The molecule has 1 aliphatic carbocycles. The van der Waals surface area contributed by atoms with E-state index < -0.39 is 0 Å². The lowest BCUT2D eigenvalue weighted by Crippen LogP contribution is -2.46. The summed E-state index contributed by atoms with van der Waals surface area (Å²) in [6.07, 6.45) is 8.03. The van der Waals surface area contributed by atoms with Crippen LogP contribution in [0.15, 0.2) is 0 Å². The molecular weight excluding hydrogens is 234 g/mol. The maximum absolute atomic E-state index is 6.02. The molecule has 2 saturated heterocycles. The zero-order chi connectivity index (χ0) is 13.5. The van der Waals surface area contributed by atoms with Crippen LogP contribution >= 0.6 is 0 Å². The summed E-state index contributed by atoms with van der Waals surface area (Å²) in [7, 11) is 0. The molecule has 0 aromatic rings. The molecule has 0 aromatic heterocycles. The first-order valence-corrected chi connectivity index (χ1v) is 8.27. The summed E-state index contributed by atoms with van der Waals surface area (Å²) in [5.74, 6) is 0. The molecule has 0 radical (unpaired) electrons. The minimum absolute atomic E-state index is 0.462. The number of nitrogens with two attached hydrogens (primary N) is 1. The molecule has 3 nitrogen and oxygen atoms in total. The number of nitrogens with zero attached hydrogens (tertiary/aromatic N) is 2. The van der Waals surface area contributed by atoms with Crippen molar-refractivity contribution in [3.63, 3.8) is 0 Å². The molecule has 3 fully saturated rings. The Morgan fingerprint density at radius 2 is 1.58 bits per heavy atom. The average molecular weight is 265 g/mol. The van der Waals surface area contributed by atoms with Crippen molar-refractivity contribution < 1.29 is 0 Å². The molecule has 3 aliphatic rings. The van der Waals surface area contributed by atoms with Crippen molar-refractivity contribution in [3.8, 4) is 0 Å². The van der Waals surface area contributed by atoms with E-state index in [1.165, 1.54) is 64.7 Å². The standard InChI is InChI=1S/C16H31N3/c1-16(2)7-3-14(11-16)19-10-6-15(12-19)18-8-4-13(17)5-9-18/h13-15H,3-12,17H2,1-2H3. The third kappa shape index (κ3) is 3.14. The Balaban J connectivity index is 1.50. The minimum Gasteiger partial charge on any atom is -0.328 e. The van der Waals surface area contributed by atoms with E-state index >= 15 is 0 Å². The molecular formula is C16H31N3. The van der Waals surface area contributed by atoms with Gasteiger partial charge in [-0.25, -0.2) is 0 Å². The summed E-state index contributed by atoms with van der Waals surface area (Å²) < 4.78 is 0. The predicted octanol–water partition coefficient (Wildman–Crippen LogP) is 2.06. The number of hydrogen-bond donors (Lipinski definition) is 1. The van der Waals surface area contributed by atoms with E-state index in [1.54, 1.807) is 0 Å². The molecule has 0 aromatic carbocycles. The highest BCUT2D eigenvalue weighted by Gasteiger charge is 2.38. The highest BCUT2D eigenvalue weighted by molar-refractivity contribution is 4.94. The molecule has 0 spiro atoms. The molecule has 2 aliphatic heterocycles. The third-order valence-electron chi connectivity index (χ3n) is 5.74. The largest absolute Gasteiger partial charge is 0.328 e. The highest BCUT2D eigenvalue weighted by atomic mass is 15.3. The highest BCUT2D eigenvalue weighted by Crippen LogP contribution is 2.40. The topological polar surface area (TPSA) is 32.5 Å². The van der Waals surface area contributed by atoms with Gasteiger partial charge in [-0.15, -0.1) is 0 Å². The quantitative estimate of drug-likeness (QED) is 0.829.